The third-order valence-corrected chi connectivity index (χ3v) is 5.02. The first-order valence-corrected chi connectivity index (χ1v) is 7.83. The van der Waals surface area contributed by atoms with Crippen molar-refractivity contribution >= 4 is 9.84 Å². The number of ether oxygens (including phenoxy) is 1. The Morgan fingerprint density at radius 2 is 1.68 bits per heavy atom. The van der Waals surface area contributed by atoms with E-state index in [0.29, 0.717) is 11.3 Å². The number of sulfone groups is 1. The van der Waals surface area contributed by atoms with Crippen LogP contribution in [-0.4, -0.2) is 20.3 Å². The third-order valence-electron chi connectivity index (χ3n) is 3.22. The molecular formula is C15H14O3S. The summed E-state index contributed by atoms with van der Waals surface area (Å²) in [5, 5.41) is 0. The zero-order chi connectivity index (χ0) is 13.3. The molecule has 98 valence electrons. The second kappa shape index (κ2) is 4.70. The summed E-state index contributed by atoms with van der Waals surface area (Å²) in [6, 6.07) is 16.2. The molecule has 0 saturated heterocycles. The van der Waals surface area contributed by atoms with Crippen LogP contribution in [0, 0.1) is 0 Å². The molecule has 0 amide bonds. The van der Waals surface area contributed by atoms with Crippen LogP contribution in [0.25, 0.3) is 0 Å². The fourth-order valence-corrected chi connectivity index (χ4v) is 3.76. The Balaban J connectivity index is 1.78. The molecular weight excluding hydrogens is 260 g/mol. The molecule has 0 fully saturated rings. The SMILES string of the molecule is O=S(=O)(CC1Cc2ccccc2O1)c1ccccc1. The molecule has 3 rings (SSSR count). The molecule has 1 aliphatic heterocycles. The van der Waals surface area contributed by atoms with E-state index in [1.54, 1.807) is 30.3 Å². The summed E-state index contributed by atoms with van der Waals surface area (Å²) in [4.78, 5) is 0.356. The summed E-state index contributed by atoms with van der Waals surface area (Å²) >= 11 is 0. The molecule has 2 aromatic carbocycles. The van der Waals surface area contributed by atoms with E-state index in [4.69, 9.17) is 4.74 Å². The predicted octanol–water partition coefficient (Wildman–Crippen LogP) is 2.46. The van der Waals surface area contributed by atoms with Crippen molar-refractivity contribution in [1.82, 2.24) is 0 Å². The van der Waals surface area contributed by atoms with Gasteiger partial charge in [-0.2, -0.15) is 0 Å². The van der Waals surface area contributed by atoms with E-state index in [0.717, 1.165) is 11.3 Å². The maximum atomic E-state index is 12.3. The molecule has 1 aliphatic rings. The van der Waals surface area contributed by atoms with E-state index in [1.807, 2.05) is 24.3 Å². The first kappa shape index (κ1) is 12.2. The molecule has 0 N–H and O–H groups in total. The lowest BCUT2D eigenvalue weighted by Gasteiger charge is -2.11. The summed E-state index contributed by atoms with van der Waals surface area (Å²) in [5.74, 6) is 0.821. The van der Waals surface area contributed by atoms with E-state index in [2.05, 4.69) is 0 Å². The van der Waals surface area contributed by atoms with Crippen molar-refractivity contribution in [3.8, 4) is 5.75 Å². The van der Waals surface area contributed by atoms with E-state index in [1.165, 1.54) is 0 Å². The van der Waals surface area contributed by atoms with Gasteiger partial charge in [-0.15, -0.1) is 0 Å². The summed E-state index contributed by atoms with van der Waals surface area (Å²) in [7, 11) is -3.29. The Hall–Kier alpha value is -1.81. The average molecular weight is 274 g/mol. The Labute approximate surface area is 112 Å². The van der Waals surface area contributed by atoms with Gasteiger partial charge in [0, 0.05) is 6.42 Å². The second-order valence-corrected chi connectivity index (χ2v) is 6.68. The van der Waals surface area contributed by atoms with Crippen LogP contribution in [0.2, 0.25) is 0 Å². The third kappa shape index (κ3) is 2.49. The van der Waals surface area contributed by atoms with Crippen LogP contribution in [-0.2, 0) is 16.3 Å². The second-order valence-electron chi connectivity index (χ2n) is 4.65. The van der Waals surface area contributed by atoms with Crippen LogP contribution in [0.3, 0.4) is 0 Å². The molecule has 0 aliphatic carbocycles. The fraction of sp³-hybridized carbons (Fsp3) is 0.200. The molecule has 0 saturated carbocycles. The predicted molar refractivity (Wildman–Crippen MR) is 73.1 cm³/mol. The van der Waals surface area contributed by atoms with Gasteiger partial charge < -0.3 is 4.74 Å². The smallest absolute Gasteiger partial charge is 0.182 e. The first-order chi connectivity index (χ1) is 9.15. The summed E-state index contributed by atoms with van der Waals surface area (Å²) < 4.78 is 30.2. The summed E-state index contributed by atoms with van der Waals surface area (Å²) in [6.45, 7) is 0. The molecule has 0 radical (unpaired) electrons. The van der Waals surface area contributed by atoms with Crippen molar-refractivity contribution < 1.29 is 13.2 Å². The molecule has 3 nitrogen and oxygen atoms in total. The number of hydrogen-bond acceptors (Lipinski definition) is 3. The van der Waals surface area contributed by atoms with Gasteiger partial charge in [0.15, 0.2) is 9.84 Å². The van der Waals surface area contributed by atoms with Gasteiger partial charge in [0.05, 0.1) is 10.6 Å². The number of hydrogen-bond donors (Lipinski definition) is 0. The molecule has 1 heterocycles. The summed E-state index contributed by atoms with van der Waals surface area (Å²) in [5.41, 5.74) is 1.08. The number of fused-ring (bicyclic) bond motifs is 1. The van der Waals surface area contributed by atoms with Gasteiger partial charge >= 0.3 is 0 Å². The monoisotopic (exact) mass is 274 g/mol. The average Bonchev–Trinajstić information content (AvgIpc) is 2.81. The molecule has 1 atom stereocenters. The Bertz CT molecular complexity index is 653. The molecule has 0 aromatic heterocycles. The van der Waals surface area contributed by atoms with Gasteiger partial charge in [-0.25, -0.2) is 8.42 Å². The normalized spacial score (nSPS) is 17.8. The molecule has 4 heteroatoms. The van der Waals surface area contributed by atoms with E-state index in [9.17, 15) is 8.42 Å². The standard InChI is InChI=1S/C15H14O3S/c16-19(17,14-7-2-1-3-8-14)11-13-10-12-6-4-5-9-15(12)18-13/h1-9,13H,10-11H2. The van der Waals surface area contributed by atoms with Crippen LogP contribution >= 0.6 is 0 Å². The van der Waals surface area contributed by atoms with E-state index in [-0.39, 0.29) is 11.9 Å². The van der Waals surface area contributed by atoms with Crippen molar-refractivity contribution in [2.45, 2.75) is 17.4 Å². The largest absolute Gasteiger partial charge is 0.489 e. The Morgan fingerprint density at radius 3 is 2.42 bits per heavy atom. The van der Waals surface area contributed by atoms with Crippen LogP contribution in [0.1, 0.15) is 5.56 Å². The van der Waals surface area contributed by atoms with Crippen molar-refractivity contribution in [3.05, 3.63) is 60.2 Å². The highest BCUT2D eigenvalue weighted by molar-refractivity contribution is 7.91. The lowest BCUT2D eigenvalue weighted by atomic mass is 10.1. The van der Waals surface area contributed by atoms with Crippen LogP contribution in [0.15, 0.2) is 59.5 Å². The van der Waals surface area contributed by atoms with Gasteiger partial charge in [-0.1, -0.05) is 36.4 Å². The highest BCUT2D eigenvalue weighted by Crippen LogP contribution is 2.29. The van der Waals surface area contributed by atoms with Crippen molar-refractivity contribution in [2.24, 2.45) is 0 Å². The molecule has 19 heavy (non-hydrogen) atoms. The highest BCUT2D eigenvalue weighted by Gasteiger charge is 2.28. The van der Waals surface area contributed by atoms with Crippen molar-refractivity contribution in [2.75, 3.05) is 5.75 Å². The van der Waals surface area contributed by atoms with Crippen LogP contribution in [0.4, 0.5) is 0 Å². The van der Waals surface area contributed by atoms with Gasteiger partial charge in [-0.3, -0.25) is 0 Å². The van der Waals surface area contributed by atoms with Crippen LogP contribution < -0.4 is 4.74 Å². The van der Waals surface area contributed by atoms with Crippen molar-refractivity contribution in [3.63, 3.8) is 0 Å². The van der Waals surface area contributed by atoms with Gasteiger partial charge in [0.2, 0.25) is 0 Å². The Morgan fingerprint density at radius 1 is 1.00 bits per heavy atom. The number of benzene rings is 2. The van der Waals surface area contributed by atoms with E-state index >= 15 is 0 Å². The minimum Gasteiger partial charge on any atom is -0.489 e. The quantitative estimate of drug-likeness (QED) is 0.863. The zero-order valence-corrected chi connectivity index (χ0v) is 11.1. The molecule has 0 bridgehead atoms. The lowest BCUT2D eigenvalue weighted by molar-refractivity contribution is 0.256. The number of para-hydroxylation sites is 1. The zero-order valence-electron chi connectivity index (χ0n) is 10.3. The minimum absolute atomic E-state index is 0.0195. The molecule has 2 aromatic rings. The van der Waals surface area contributed by atoms with Gasteiger partial charge in [0.1, 0.15) is 11.9 Å². The Kier molecular flexibility index (Phi) is 3.03. The fourth-order valence-electron chi connectivity index (χ4n) is 2.32. The highest BCUT2D eigenvalue weighted by atomic mass is 32.2. The van der Waals surface area contributed by atoms with Gasteiger partial charge in [-0.05, 0) is 23.8 Å². The van der Waals surface area contributed by atoms with Crippen molar-refractivity contribution in [1.29, 1.82) is 0 Å². The molecule has 1 unspecified atom stereocenters. The first-order valence-electron chi connectivity index (χ1n) is 6.17. The minimum atomic E-state index is -3.29. The maximum Gasteiger partial charge on any atom is 0.182 e. The maximum absolute atomic E-state index is 12.3. The van der Waals surface area contributed by atoms with E-state index < -0.39 is 9.84 Å². The van der Waals surface area contributed by atoms with Crippen LogP contribution in [0.5, 0.6) is 5.75 Å². The molecule has 0 spiro atoms. The lowest BCUT2D eigenvalue weighted by Crippen LogP contribution is -2.25. The van der Waals surface area contributed by atoms with Gasteiger partial charge in [0.25, 0.3) is 0 Å². The summed E-state index contributed by atoms with van der Waals surface area (Å²) in [6.07, 6.45) is 0.366. The number of rotatable bonds is 3. The topological polar surface area (TPSA) is 43.4 Å².